The van der Waals surface area contributed by atoms with E-state index in [9.17, 15) is 4.79 Å². The summed E-state index contributed by atoms with van der Waals surface area (Å²) in [5, 5.41) is 6.06. The molecule has 0 saturated heterocycles. The summed E-state index contributed by atoms with van der Waals surface area (Å²) in [5.74, 6) is 0.390. The van der Waals surface area contributed by atoms with Gasteiger partial charge in [0.2, 0.25) is 0 Å². The fraction of sp³-hybridized carbons (Fsp3) is 0.150. The monoisotopic (exact) mass is 332 g/mol. The quantitative estimate of drug-likeness (QED) is 0.722. The molecule has 0 bridgehead atoms. The molecular formula is C20H20N4O. The lowest BCUT2D eigenvalue weighted by Gasteiger charge is -2.08. The lowest BCUT2D eigenvalue weighted by atomic mass is 10.1. The van der Waals surface area contributed by atoms with Crippen molar-refractivity contribution in [1.29, 1.82) is 0 Å². The predicted molar refractivity (Wildman–Crippen MR) is 99.8 cm³/mol. The Bertz CT molecular complexity index is 832. The maximum absolute atomic E-state index is 12.2. The van der Waals surface area contributed by atoms with Crippen LogP contribution in [0.3, 0.4) is 0 Å². The Morgan fingerprint density at radius 1 is 0.960 bits per heavy atom. The molecule has 25 heavy (non-hydrogen) atoms. The Morgan fingerprint density at radius 3 is 2.44 bits per heavy atom. The van der Waals surface area contributed by atoms with Crippen molar-refractivity contribution in [2.24, 2.45) is 0 Å². The van der Waals surface area contributed by atoms with Crippen LogP contribution in [0, 0.1) is 6.92 Å². The van der Waals surface area contributed by atoms with Crippen molar-refractivity contribution >= 4 is 17.4 Å². The summed E-state index contributed by atoms with van der Waals surface area (Å²) in [7, 11) is 0. The minimum Gasteiger partial charge on any atom is -0.368 e. The van der Waals surface area contributed by atoms with Gasteiger partial charge in [0.15, 0.2) is 0 Å². The zero-order valence-electron chi connectivity index (χ0n) is 14.1. The number of amides is 1. The normalized spacial score (nSPS) is 10.3. The van der Waals surface area contributed by atoms with Crippen LogP contribution in [-0.2, 0) is 6.42 Å². The highest BCUT2D eigenvalue weighted by atomic mass is 16.1. The minimum absolute atomic E-state index is 0.266. The number of rotatable bonds is 6. The van der Waals surface area contributed by atoms with E-state index in [0.29, 0.717) is 5.82 Å². The Balaban J connectivity index is 1.54. The van der Waals surface area contributed by atoms with Crippen LogP contribution in [0.1, 0.15) is 21.6 Å². The molecule has 0 saturated carbocycles. The molecule has 3 rings (SSSR count). The van der Waals surface area contributed by atoms with Gasteiger partial charge >= 0.3 is 0 Å². The smallest absolute Gasteiger partial charge is 0.275 e. The summed E-state index contributed by atoms with van der Waals surface area (Å²) in [6.45, 7) is 2.70. The van der Waals surface area contributed by atoms with Gasteiger partial charge in [-0.05, 0) is 30.5 Å². The van der Waals surface area contributed by atoms with Crippen LogP contribution in [0.2, 0.25) is 0 Å². The number of nitrogens with one attached hydrogen (secondary N) is 2. The van der Waals surface area contributed by atoms with Crippen LogP contribution in [0.25, 0.3) is 0 Å². The number of para-hydroxylation sites is 1. The van der Waals surface area contributed by atoms with E-state index >= 15 is 0 Å². The third-order valence-electron chi connectivity index (χ3n) is 3.84. The standard InChI is InChI=1S/C20H20N4O/c1-15-7-5-6-10-17(15)24-20(25)18-13-23-19(14-22-18)21-12-11-16-8-3-2-4-9-16/h2-10,13-14H,11-12H2,1H3,(H,21,23)(H,24,25). The van der Waals surface area contributed by atoms with Gasteiger partial charge in [0.25, 0.3) is 5.91 Å². The molecule has 1 aromatic heterocycles. The molecule has 0 unspecified atom stereocenters. The van der Waals surface area contributed by atoms with E-state index in [2.05, 4.69) is 32.7 Å². The summed E-state index contributed by atoms with van der Waals surface area (Å²) < 4.78 is 0. The van der Waals surface area contributed by atoms with E-state index in [1.165, 1.54) is 11.8 Å². The Kier molecular flexibility index (Phi) is 5.36. The molecule has 2 N–H and O–H groups in total. The van der Waals surface area contributed by atoms with E-state index < -0.39 is 0 Å². The lowest BCUT2D eigenvalue weighted by molar-refractivity contribution is 0.102. The topological polar surface area (TPSA) is 66.9 Å². The molecule has 0 spiro atoms. The first-order valence-electron chi connectivity index (χ1n) is 8.19. The van der Waals surface area contributed by atoms with Crippen molar-refractivity contribution in [1.82, 2.24) is 9.97 Å². The third-order valence-corrected chi connectivity index (χ3v) is 3.84. The second-order valence-corrected chi connectivity index (χ2v) is 5.72. The van der Waals surface area contributed by atoms with Crippen molar-refractivity contribution < 1.29 is 4.79 Å². The first-order valence-corrected chi connectivity index (χ1v) is 8.19. The van der Waals surface area contributed by atoms with Crippen molar-refractivity contribution in [2.45, 2.75) is 13.3 Å². The molecule has 0 fully saturated rings. The van der Waals surface area contributed by atoms with E-state index in [1.807, 2.05) is 49.4 Å². The van der Waals surface area contributed by atoms with Gasteiger partial charge in [0.05, 0.1) is 12.4 Å². The number of aromatic nitrogens is 2. The highest BCUT2D eigenvalue weighted by molar-refractivity contribution is 6.03. The number of hydrogen-bond acceptors (Lipinski definition) is 4. The summed E-state index contributed by atoms with van der Waals surface area (Å²) in [6.07, 6.45) is 3.97. The number of carbonyl (C=O) groups is 1. The molecule has 0 aliphatic heterocycles. The van der Waals surface area contributed by atoms with Gasteiger partial charge in [-0.1, -0.05) is 48.5 Å². The number of nitrogens with zero attached hydrogens (tertiary/aromatic N) is 2. The molecule has 3 aromatic rings. The first kappa shape index (κ1) is 16.6. The van der Waals surface area contributed by atoms with Crippen LogP contribution in [0.5, 0.6) is 0 Å². The molecule has 5 heteroatoms. The number of carbonyl (C=O) groups excluding carboxylic acids is 1. The van der Waals surface area contributed by atoms with Crippen LogP contribution in [0.15, 0.2) is 67.0 Å². The largest absolute Gasteiger partial charge is 0.368 e. The molecule has 0 aliphatic rings. The van der Waals surface area contributed by atoms with Gasteiger partial charge in [-0.2, -0.15) is 0 Å². The average Bonchev–Trinajstić information content (AvgIpc) is 2.65. The van der Waals surface area contributed by atoms with Crippen molar-refractivity contribution in [2.75, 3.05) is 17.2 Å². The molecule has 0 aliphatic carbocycles. The van der Waals surface area contributed by atoms with Crippen molar-refractivity contribution in [3.8, 4) is 0 Å². The zero-order valence-corrected chi connectivity index (χ0v) is 14.1. The molecule has 2 aromatic carbocycles. The van der Waals surface area contributed by atoms with Gasteiger partial charge < -0.3 is 10.6 Å². The van der Waals surface area contributed by atoms with E-state index in [0.717, 1.165) is 24.2 Å². The molecular weight excluding hydrogens is 312 g/mol. The van der Waals surface area contributed by atoms with Gasteiger partial charge in [-0.15, -0.1) is 0 Å². The van der Waals surface area contributed by atoms with Gasteiger partial charge in [-0.25, -0.2) is 9.97 Å². The maximum Gasteiger partial charge on any atom is 0.275 e. The maximum atomic E-state index is 12.2. The van der Waals surface area contributed by atoms with Gasteiger partial charge in [-0.3, -0.25) is 4.79 Å². The molecule has 0 atom stereocenters. The summed E-state index contributed by atoms with van der Waals surface area (Å²) in [5.41, 5.74) is 3.33. The zero-order chi connectivity index (χ0) is 17.5. The number of benzene rings is 2. The van der Waals surface area contributed by atoms with Crippen LogP contribution < -0.4 is 10.6 Å². The van der Waals surface area contributed by atoms with E-state index in [1.54, 1.807) is 6.20 Å². The number of hydrogen-bond donors (Lipinski definition) is 2. The number of aryl methyl sites for hydroxylation is 1. The van der Waals surface area contributed by atoms with Crippen LogP contribution >= 0.6 is 0 Å². The summed E-state index contributed by atoms with van der Waals surface area (Å²) in [4.78, 5) is 20.7. The Labute approximate surface area is 147 Å². The fourth-order valence-electron chi connectivity index (χ4n) is 2.42. The molecule has 1 heterocycles. The fourth-order valence-corrected chi connectivity index (χ4v) is 2.42. The van der Waals surface area contributed by atoms with E-state index in [4.69, 9.17) is 0 Å². The van der Waals surface area contributed by atoms with Crippen LogP contribution in [0.4, 0.5) is 11.5 Å². The van der Waals surface area contributed by atoms with Gasteiger partial charge in [0, 0.05) is 12.2 Å². The second-order valence-electron chi connectivity index (χ2n) is 5.72. The lowest BCUT2D eigenvalue weighted by Crippen LogP contribution is -2.15. The molecule has 0 radical (unpaired) electrons. The first-order chi connectivity index (χ1) is 12.2. The molecule has 5 nitrogen and oxygen atoms in total. The third kappa shape index (κ3) is 4.64. The van der Waals surface area contributed by atoms with E-state index in [-0.39, 0.29) is 11.6 Å². The molecule has 126 valence electrons. The summed E-state index contributed by atoms with van der Waals surface area (Å²) in [6, 6.07) is 17.9. The van der Waals surface area contributed by atoms with Gasteiger partial charge in [0.1, 0.15) is 11.5 Å². The SMILES string of the molecule is Cc1ccccc1NC(=O)c1cnc(NCCc2ccccc2)cn1. The Morgan fingerprint density at radius 2 is 1.72 bits per heavy atom. The highest BCUT2D eigenvalue weighted by Gasteiger charge is 2.09. The average molecular weight is 332 g/mol. The van der Waals surface area contributed by atoms with Crippen molar-refractivity contribution in [3.05, 3.63) is 83.8 Å². The Hall–Kier alpha value is -3.21. The minimum atomic E-state index is -0.266. The number of anilines is 2. The van der Waals surface area contributed by atoms with Crippen molar-refractivity contribution in [3.63, 3.8) is 0 Å². The highest BCUT2D eigenvalue weighted by Crippen LogP contribution is 2.14. The summed E-state index contributed by atoms with van der Waals surface area (Å²) >= 11 is 0. The van der Waals surface area contributed by atoms with Crippen LogP contribution in [-0.4, -0.2) is 22.4 Å². The molecule has 1 amide bonds. The predicted octanol–water partition coefficient (Wildman–Crippen LogP) is 3.69. The second kappa shape index (κ2) is 8.06.